The lowest BCUT2D eigenvalue weighted by Crippen LogP contribution is -2.37. The standard InChI is InChI=1S/C12H15F4NO2/c13-11(14)12(15,16)19-8-10(18)7-17-6-9-4-2-1-3-5-9/h1-5,10-11,17-18H,6-8H2/t10-/m1/s1. The molecule has 0 amide bonds. The van der Waals surface area contributed by atoms with Gasteiger partial charge in [-0.1, -0.05) is 30.3 Å². The summed E-state index contributed by atoms with van der Waals surface area (Å²) in [6, 6.07) is 9.21. The van der Waals surface area contributed by atoms with Gasteiger partial charge >= 0.3 is 12.5 Å². The van der Waals surface area contributed by atoms with Gasteiger partial charge in [-0.2, -0.15) is 8.78 Å². The van der Waals surface area contributed by atoms with Crippen LogP contribution in [0.5, 0.6) is 0 Å². The van der Waals surface area contributed by atoms with E-state index in [1.54, 1.807) is 0 Å². The molecule has 108 valence electrons. The highest BCUT2D eigenvalue weighted by molar-refractivity contribution is 5.14. The lowest BCUT2D eigenvalue weighted by molar-refractivity contribution is -0.306. The van der Waals surface area contributed by atoms with E-state index < -0.39 is 25.2 Å². The molecule has 0 saturated heterocycles. The largest absolute Gasteiger partial charge is 0.416 e. The first-order valence-corrected chi connectivity index (χ1v) is 5.64. The number of alkyl halides is 4. The van der Waals surface area contributed by atoms with Crippen LogP contribution in [0.2, 0.25) is 0 Å². The molecular formula is C12H15F4NO2. The number of aliphatic hydroxyl groups is 1. The predicted molar refractivity (Wildman–Crippen MR) is 61.1 cm³/mol. The maximum Gasteiger partial charge on any atom is 0.416 e. The van der Waals surface area contributed by atoms with Crippen LogP contribution in [0.25, 0.3) is 0 Å². The summed E-state index contributed by atoms with van der Waals surface area (Å²) in [4.78, 5) is 0. The van der Waals surface area contributed by atoms with Crippen LogP contribution in [0.4, 0.5) is 17.6 Å². The van der Waals surface area contributed by atoms with Gasteiger partial charge in [-0.05, 0) is 5.56 Å². The number of ether oxygens (including phenoxy) is 1. The van der Waals surface area contributed by atoms with Crippen molar-refractivity contribution >= 4 is 0 Å². The summed E-state index contributed by atoms with van der Waals surface area (Å²) in [5.74, 6) is 0. The van der Waals surface area contributed by atoms with Crippen LogP contribution in [0.15, 0.2) is 30.3 Å². The first-order valence-electron chi connectivity index (χ1n) is 5.64. The number of aliphatic hydroxyl groups excluding tert-OH is 1. The number of nitrogens with one attached hydrogen (secondary N) is 1. The van der Waals surface area contributed by atoms with Gasteiger partial charge in [-0.15, -0.1) is 0 Å². The van der Waals surface area contributed by atoms with Gasteiger partial charge in [0.2, 0.25) is 0 Å². The van der Waals surface area contributed by atoms with E-state index in [4.69, 9.17) is 0 Å². The highest BCUT2D eigenvalue weighted by Crippen LogP contribution is 2.23. The third-order valence-electron chi connectivity index (χ3n) is 2.27. The van der Waals surface area contributed by atoms with E-state index in [0.29, 0.717) is 6.54 Å². The average molecular weight is 281 g/mol. The predicted octanol–water partition coefficient (Wildman–Crippen LogP) is 2.01. The molecule has 0 aliphatic carbocycles. The maximum atomic E-state index is 12.4. The number of hydrogen-bond donors (Lipinski definition) is 2. The van der Waals surface area contributed by atoms with Gasteiger partial charge in [-0.3, -0.25) is 0 Å². The lowest BCUT2D eigenvalue weighted by Gasteiger charge is -2.18. The minimum Gasteiger partial charge on any atom is -0.389 e. The van der Waals surface area contributed by atoms with Crippen LogP contribution >= 0.6 is 0 Å². The Morgan fingerprint density at radius 3 is 2.42 bits per heavy atom. The van der Waals surface area contributed by atoms with Crippen LogP contribution < -0.4 is 5.32 Å². The summed E-state index contributed by atoms with van der Waals surface area (Å²) < 4.78 is 52.0. The summed E-state index contributed by atoms with van der Waals surface area (Å²) in [6.07, 6.45) is -9.72. The SMILES string of the molecule is O[C@H](CNCc1ccccc1)COC(F)(F)C(F)F. The molecular weight excluding hydrogens is 266 g/mol. The van der Waals surface area contributed by atoms with Gasteiger partial charge in [0.05, 0.1) is 12.7 Å². The van der Waals surface area contributed by atoms with Gasteiger partial charge < -0.3 is 15.2 Å². The third-order valence-corrected chi connectivity index (χ3v) is 2.27. The second kappa shape index (κ2) is 7.42. The van der Waals surface area contributed by atoms with Crippen molar-refractivity contribution in [2.45, 2.75) is 25.2 Å². The Labute approximate surface area is 108 Å². The minimum absolute atomic E-state index is 0.0335. The van der Waals surface area contributed by atoms with Crippen LogP contribution in [0.1, 0.15) is 5.56 Å². The molecule has 0 fully saturated rings. The quantitative estimate of drug-likeness (QED) is 0.716. The zero-order valence-electron chi connectivity index (χ0n) is 10.0. The smallest absolute Gasteiger partial charge is 0.389 e. The van der Waals surface area contributed by atoms with Crippen LogP contribution in [0, 0.1) is 0 Å². The van der Waals surface area contributed by atoms with E-state index in [9.17, 15) is 22.7 Å². The fourth-order valence-corrected chi connectivity index (χ4v) is 1.31. The normalized spacial score (nSPS) is 13.8. The van der Waals surface area contributed by atoms with Crippen molar-refractivity contribution in [3.63, 3.8) is 0 Å². The fourth-order valence-electron chi connectivity index (χ4n) is 1.31. The molecule has 19 heavy (non-hydrogen) atoms. The molecule has 0 aliphatic rings. The van der Waals surface area contributed by atoms with E-state index in [2.05, 4.69) is 10.1 Å². The maximum absolute atomic E-state index is 12.4. The van der Waals surface area contributed by atoms with E-state index in [-0.39, 0.29) is 6.54 Å². The average Bonchev–Trinajstić information content (AvgIpc) is 2.37. The molecule has 0 spiro atoms. The Balaban J connectivity index is 2.20. The molecule has 0 heterocycles. The van der Waals surface area contributed by atoms with Gasteiger partial charge in [-0.25, -0.2) is 8.78 Å². The first kappa shape index (κ1) is 15.9. The third kappa shape index (κ3) is 6.00. The van der Waals surface area contributed by atoms with Gasteiger partial charge in [0.1, 0.15) is 0 Å². The molecule has 2 N–H and O–H groups in total. The molecule has 7 heteroatoms. The number of hydrogen-bond acceptors (Lipinski definition) is 3. The summed E-state index contributed by atoms with van der Waals surface area (Å²) in [6.45, 7) is -0.462. The molecule has 0 unspecified atom stereocenters. The summed E-state index contributed by atoms with van der Waals surface area (Å²) >= 11 is 0. The van der Waals surface area contributed by atoms with Crippen LogP contribution in [-0.2, 0) is 11.3 Å². The summed E-state index contributed by atoms with van der Waals surface area (Å²) in [7, 11) is 0. The number of halogens is 4. The van der Waals surface area contributed by atoms with E-state index in [0.717, 1.165) is 5.56 Å². The second-order valence-electron chi connectivity index (χ2n) is 3.94. The van der Waals surface area contributed by atoms with Gasteiger partial charge in [0, 0.05) is 13.1 Å². The molecule has 1 aromatic carbocycles. The van der Waals surface area contributed by atoms with Crippen molar-refractivity contribution < 1.29 is 27.4 Å². The fraction of sp³-hybridized carbons (Fsp3) is 0.500. The minimum atomic E-state index is -4.53. The van der Waals surface area contributed by atoms with Gasteiger partial charge in [0.25, 0.3) is 0 Å². The molecule has 3 nitrogen and oxygen atoms in total. The second-order valence-corrected chi connectivity index (χ2v) is 3.94. The number of benzene rings is 1. The van der Waals surface area contributed by atoms with E-state index in [1.165, 1.54) is 0 Å². The summed E-state index contributed by atoms with van der Waals surface area (Å²) in [5, 5.41) is 12.1. The van der Waals surface area contributed by atoms with Crippen molar-refractivity contribution in [2.24, 2.45) is 0 Å². The Hall–Kier alpha value is -1.18. The molecule has 0 aromatic heterocycles. The molecule has 0 radical (unpaired) electrons. The topological polar surface area (TPSA) is 41.5 Å². The zero-order chi connectivity index (χ0) is 14.3. The van der Waals surface area contributed by atoms with Gasteiger partial charge in [0.15, 0.2) is 0 Å². The van der Waals surface area contributed by atoms with Crippen LogP contribution in [0.3, 0.4) is 0 Å². The van der Waals surface area contributed by atoms with Crippen molar-refractivity contribution in [3.8, 4) is 0 Å². The lowest BCUT2D eigenvalue weighted by atomic mass is 10.2. The van der Waals surface area contributed by atoms with E-state index in [1.807, 2.05) is 30.3 Å². The molecule has 0 saturated carbocycles. The Bertz CT molecular complexity index is 362. The highest BCUT2D eigenvalue weighted by Gasteiger charge is 2.42. The zero-order valence-corrected chi connectivity index (χ0v) is 10.0. The van der Waals surface area contributed by atoms with Crippen molar-refractivity contribution in [1.82, 2.24) is 5.32 Å². The van der Waals surface area contributed by atoms with Crippen molar-refractivity contribution in [2.75, 3.05) is 13.2 Å². The Morgan fingerprint density at radius 2 is 1.84 bits per heavy atom. The van der Waals surface area contributed by atoms with Crippen molar-refractivity contribution in [3.05, 3.63) is 35.9 Å². The Kier molecular flexibility index (Phi) is 6.20. The number of rotatable bonds is 8. The first-order chi connectivity index (χ1) is 8.92. The van der Waals surface area contributed by atoms with E-state index >= 15 is 0 Å². The monoisotopic (exact) mass is 281 g/mol. The molecule has 0 aliphatic heterocycles. The highest BCUT2D eigenvalue weighted by atomic mass is 19.3. The van der Waals surface area contributed by atoms with Crippen LogP contribution in [-0.4, -0.2) is 36.9 Å². The molecule has 1 aromatic rings. The Morgan fingerprint density at radius 1 is 1.21 bits per heavy atom. The molecule has 1 atom stereocenters. The molecule has 1 rings (SSSR count). The molecule has 0 bridgehead atoms. The summed E-state index contributed by atoms with van der Waals surface area (Å²) in [5.41, 5.74) is 0.952. The van der Waals surface area contributed by atoms with Crippen molar-refractivity contribution in [1.29, 1.82) is 0 Å².